The molecular weight excluding hydrogens is 224 g/mol. The molecule has 104 valence electrons. The molecule has 2 heteroatoms. The van der Waals surface area contributed by atoms with Crippen molar-refractivity contribution in [3.05, 3.63) is 11.6 Å². The van der Waals surface area contributed by atoms with E-state index in [1.54, 1.807) is 7.11 Å². The Morgan fingerprint density at radius 3 is 2.61 bits per heavy atom. The highest BCUT2D eigenvalue weighted by molar-refractivity contribution is 5.26. The van der Waals surface area contributed by atoms with Crippen molar-refractivity contribution in [2.45, 2.75) is 65.1 Å². The Bertz CT molecular complexity index is 345. The first-order chi connectivity index (χ1) is 8.31. The van der Waals surface area contributed by atoms with E-state index in [9.17, 15) is 5.11 Å². The molecule has 0 aromatic carbocycles. The highest BCUT2D eigenvalue weighted by Gasteiger charge is 2.46. The van der Waals surface area contributed by atoms with Gasteiger partial charge in [-0.3, -0.25) is 0 Å². The SMILES string of the molecule is COC(C)(C)C1C=C2C(C)CCC(O)C2(C)CC1. The maximum Gasteiger partial charge on any atom is 0.0685 e. The second-order valence-electron chi connectivity index (χ2n) is 6.99. The lowest BCUT2D eigenvalue weighted by Crippen LogP contribution is -2.45. The fourth-order valence-electron chi connectivity index (χ4n) is 3.76. The van der Waals surface area contributed by atoms with E-state index in [1.165, 1.54) is 5.57 Å². The van der Waals surface area contributed by atoms with Crippen molar-refractivity contribution in [2.24, 2.45) is 17.3 Å². The molecule has 1 fully saturated rings. The summed E-state index contributed by atoms with van der Waals surface area (Å²) in [6, 6.07) is 0. The summed E-state index contributed by atoms with van der Waals surface area (Å²) in [4.78, 5) is 0. The molecule has 0 saturated heterocycles. The second-order valence-corrected chi connectivity index (χ2v) is 6.99. The van der Waals surface area contributed by atoms with Crippen LogP contribution in [0.3, 0.4) is 0 Å². The van der Waals surface area contributed by atoms with Gasteiger partial charge in [0.15, 0.2) is 0 Å². The molecule has 1 saturated carbocycles. The molecule has 0 aromatic heterocycles. The minimum absolute atomic E-state index is 0.0119. The minimum Gasteiger partial charge on any atom is -0.392 e. The number of methoxy groups -OCH3 is 1. The molecule has 4 unspecified atom stereocenters. The standard InChI is InChI=1S/C16H28O2/c1-11-6-7-14(17)16(4)9-8-12(10-13(11)16)15(2,3)18-5/h10-12,14,17H,6-9H2,1-5H3. The molecule has 18 heavy (non-hydrogen) atoms. The van der Waals surface area contributed by atoms with Crippen LogP contribution in [0.4, 0.5) is 0 Å². The minimum atomic E-state index is -0.161. The van der Waals surface area contributed by atoms with Crippen molar-refractivity contribution in [3.63, 3.8) is 0 Å². The number of ether oxygens (including phenoxy) is 1. The molecule has 0 bridgehead atoms. The van der Waals surface area contributed by atoms with Crippen molar-refractivity contribution in [1.29, 1.82) is 0 Å². The van der Waals surface area contributed by atoms with Crippen LogP contribution in [0.15, 0.2) is 11.6 Å². The van der Waals surface area contributed by atoms with E-state index in [1.807, 2.05) is 0 Å². The zero-order valence-electron chi connectivity index (χ0n) is 12.5. The average Bonchev–Trinajstić information content (AvgIpc) is 2.34. The summed E-state index contributed by atoms with van der Waals surface area (Å²) in [7, 11) is 1.80. The molecule has 4 atom stereocenters. The smallest absolute Gasteiger partial charge is 0.0685 e. The zero-order chi connectivity index (χ0) is 13.6. The van der Waals surface area contributed by atoms with Gasteiger partial charge in [0, 0.05) is 18.4 Å². The molecule has 0 spiro atoms. The van der Waals surface area contributed by atoms with Gasteiger partial charge in [0.05, 0.1) is 11.7 Å². The predicted octanol–water partition coefficient (Wildman–Crippen LogP) is 3.54. The van der Waals surface area contributed by atoms with E-state index in [2.05, 4.69) is 33.8 Å². The quantitative estimate of drug-likeness (QED) is 0.762. The average molecular weight is 252 g/mol. The normalized spacial score (nSPS) is 41.2. The van der Waals surface area contributed by atoms with Crippen molar-refractivity contribution in [2.75, 3.05) is 7.11 Å². The summed E-state index contributed by atoms with van der Waals surface area (Å²) in [5, 5.41) is 10.4. The van der Waals surface area contributed by atoms with Crippen LogP contribution in [-0.4, -0.2) is 23.9 Å². The number of aliphatic hydroxyl groups excluding tert-OH is 1. The van der Waals surface area contributed by atoms with E-state index in [-0.39, 0.29) is 17.1 Å². The Balaban J connectivity index is 2.33. The monoisotopic (exact) mass is 252 g/mol. The first kappa shape index (κ1) is 14.1. The molecule has 0 radical (unpaired) electrons. The highest BCUT2D eigenvalue weighted by atomic mass is 16.5. The van der Waals surface area contributed by atoms with Crippen LogP contribution in [0, 0.1) is 17.3 Å². The summed E-state index contributed by atoms with van der Waals surface area (Å²) in [6.07, 6.45) is 6.52. The molecule has 2 rings (SSSR count). The van der Waals surface area contributed by atoms with Gasteiger partial charge in [0.2, 0.25) is 0 Å². The van der Waals surface area contributed by atoms with Gasteiger partial charge in [-0.25, -0.2) is 0 Å². The first-order valence-electron chi connectivity index (χ1n) is 7.26. The van der Waals surface area contributed by atoms with Gasteiger partial charge in [-0.2, -0.15) is 0 Å². The van der Waals surface area contributed by atoms with E-state index in [4.69, 9.17) is 4.74 Å². The van der Waals surface area contributed by atoms with Gasteiger partial charge in [-0.15, -0.1) is 0 Å². The van der Waals surface area contributed by atoms with Crippen LogP contribution in [0.5, 0.6) is 0 Å². The fraction of sp³-hybridized carbons (Fsp3) is 0.875. The van der Waals surface area contributed by atoms with Gasteiger partial charge >= 0.3 is 0 Å². The molecular formula is C16H28O2. The third-order valence-corrected chi connectivity index (χ3v) is 5.57. The largest absolute Gasteiger partial charge is 0.392 e. The van der Waals surface area contributed by atoms with Gasteiger partial charge in [0.1, 0.15) is 0 Å². The van der Waals surface area contributed by atoms with Gasteiger partial charge < -0.3 is 9.84 Å². The van der Waals surface area contributed by atoms with Crippen LogP contribution >= 0.6 is 0 Å². The van der Waals surface area contributed by atoms with Crippen molar-refractivity contribution >= 4 is 0 Å². The Labute approximate surface area is 111 Å². The fourth-order valence-corrected chi connectivity index (χ4v) is 3.76. The Hall–Kier alpha value is -0.340. The molecule has 0 aliphatic heterocycles. The number of rotatable bonds is 2. The van der Waals surface area contributed by atoms with Crippen LogP contribution < -0.4 is 0 Å². The first-order valence-corrected chi connectivity index (χ1v) is 7.26. The molecule has 0 heterocycles. The van der Waals surface area contributed by atoms with Crippen molar-refractivity contribution in [3.8, 4) is 0 Å². The zero-order valence-corrected chi connectivity index (χ0v) is 12.5. The molecule has 2 nitrogen and oxygen atoms in total. The summed E-state index contributed by atoms with van der Waals surface area (Å²) in [5.41, 5.74) is 1.39. The van der Waals surface area contributed by atoms with E-state index >= 15 is 0 Å². The van der Waals surface area contributed by atoms with E-state index in [0.29, 0.717) is 11.8 Å². The third kappa shape index (κ3) is 2.14. The Morgan fingerprint density at radius 1 is 1.33 bits per heavy atom. The summed E-state index contributed by atoms with van der Waals surface area (Å²) < 4.78 is 5.64. The van der Waals surface area contributed by atoms with E-state index in [0.717, 1.165) is 25.7 Å². The number of hydrogen-bond donors (Lipinski definition) is 1. The lowest BCUT2D eigenvalue weighted by molar-refractivity contribution is -0.0381. The lowest BCUT2D eigenvalue weighted by atomic mass is 9.58. The molecule has 2 aliphatic rings. The van der Waals surface area contributed by atoms with Crippen LogP contribution in [0.1, 0.15) is 53.4 Å². The van der Waals surface area contributed by atoms with Crippen molar-refractivity contribution < 1.29 is 9.84 Å². The summed E-state index contributed by atoms with van der Waals surface area (Å²) >= 11 is 0. The van der Waals surface area contributed by atoms with Crippen LogP contribution in [-0.2, 0) is 4.74 Å². The number of aliphatic hydroxyl groups is 1. The molecule has 0 aromatic rings. The van der Waals surface area contributed by atoms with Crippen LogP contribution in [0.2, 0.25) is 0 Å². The third-order valence-electron chi connectivity index (χ3n) is 5.57. The second kappa shape index (κ2) is 4.64. The van der Waals surface area contributed by atoms with Crippen molar-refractivity contribution in [1.82, 2.24) is 0 Å². The lowest BCUT2D eigenvalue weighted by Gasteiger charge is -2.49. The number of fused-ring (bicyclic) bond motifs is 1. The Morgan fingerprint density at radius 2 is 2.00 bits per heavy atom. The van der Waals surface area contributed by atoms with E-state index < -0.39 is 0 Å². The summed E-state index contributed by atoms with van der Waals surface area (Å²) in [6.45, 7) is 8.88. The topological polar surface area (TPSA) is 29.5 Å². The predicted molar refractivity (Wildman–Crippen MR) is 74.4 cm³/mol. The van der Waals surface area contributed by atoms with Gasteiger partial charge in [0.25, 0.3) is 0 Å². The van der Waals surface area contributed by atoms with Gasteiger partial charge in [-0.1, -0.05) is 25.5 Å². The highest BCUT2D eigenvalue weighted by Crippen LogP contribution is 2.52. The molecule has 2 aliphatic carbocycles. The summed E-state index contributed by atoms with van der Waals surface area (Å²) in [5.74, 6) is 1.08. The van der Waals surface area contributed by atoms with Gasteiger partial charge in [-0.05, 0) is 45.4 Å². The molecule has 1 N–H and O–H groups in total. The van der Waals surface area contributed by atoms with Crippen LogP contribution in [0.25, 0.3) is 0 Å². The number of hydrogen-bond acceptors (Lipinski definition) is 2. The molecule has 0 amide bonds. The maximum absolute atomic E-state index is 10.4. The Kier molecular flexibility index (Phi) is 3.63. The maximum atomic E-state index is 10.4.